The van der Waals surface area contributed by atoms with E-state index in [0.717, 1.165) is 12.1 Å². The van der Waals surface area contributed by atoms with E-state index in [1.165, 1.54) is 42.6 Å². The van der Waals surface area contributed by atoms with Gasteiger partial charge in [0.2, 0.25) is 0 Å². The van der Waals surface area contributed by atoms with Gasteiger partial charge in [-0.05, 0) is 37.3 Å². The molecular formula is C19H16F6N2O3. The first-order valence-electron chi connectivity index (χ1n) is 8.47. The molecule has 1 amide bonds. The predicted molar refractivity (Wildman–Crippen MR) is 94.4 cm³/mol. The van der Waals surface area contributed by atoms with Gasteiger partial charge in [-0.25, -0.2) is 4.79 Å². The van der Waals surface area contributed by atoms with Crippen molar-refractivity contribution in [1.82, 2.24) is 5.32 Å². The summed E-state index contributed by atoms with van der Waals surface area (Å²) in [5.74, 6) is -3.43. The molecule has 0 aliphatic rings. The number of para-hydroxylation sites is 1. The molecule has 0 heterocycles. The first-order chi connectivity index (χ1) is 13.9. The molecule has 11 heteroatoms. The van der Waals surface area contributed by atoms with Crippen molar-refractivity contribution in [3.8, 4) is 0 Å². The Morgan fingerprint density at radius 2 is 1.57 bits per heavy atom. The Labute approximate surface area is 167 Å². The van der Waals surface area contributed by atoms with Gasteiger partial charge in [-0.2, -0.15) is 26.3 Å². The number of hydrogen-bond acceptors (Lipinski definition) is 4. The maximum Gasteiger partial charge on any atom is 0.441 e. The standard InChI is InChI=1S/C19H16F6N2O3/c1-2-30-16(29)17(19(23,24)25,26-14-9-4-3-5-10-14)27-15(28)12-7-6-8-13(11-12)18(20,21)22/h3-11,26H,2H2,1H3,(H,27,28). The highest BCUT2D eigenvalue weighted by Gasteiger charge is 2.63. The fourth-order valence-electron chi connectivity index (χ4n) is 2.45. The van der Waals surface area contributed by atoms with E-state index >= 15 is 0 Å². The van der Waals surface area contributed by atoms with E-state index in [9.17, 15) is 35.9 Å². The first kappa shape index (κ1) is 23.0. The molecule has 2 N–H and O–H groups in total. The van der Waals surface area contributed by atoms with Crippen molar-refractivity contribution in [1.29, 1.82) is 0 Å². The number of hydrogen-bond donors (Lipinski definition) is 2. The molecule has 2 aromatic rings. The van der Waals surface area contributed by atoms with Crippen molar-refractivity contribution in [2.75, 3.05) is 11.9 Å². The number of benzene rings is 2. The summed E-state index contributed by atoms with van der Waals surface area (Å²) in [7, 11) is 0. The van der Waals surface area contributed by atoms with Crippen LogP contribution in [-0.2, 0) is 15.7 Å². The second-order valence-corrected chi connectivity index (χ2v) is 5.99. The third-order valence-electron chi connectivity index (χ3n) is 3.87. The molecular weight excluding hydrogens is 418 g/mol. The van der Waals surface area contributed by atoms with Crippen LogP contribution in [0.25, 0.3) is 0 Å². The molecule has 162 valence electrons. The van der Waals surface area contributed by atoms with Crippen LogP contribution in [0.15, 0.2) is 54.6 Å². The lowest BCUT2D eigenvalue weighted by atomic mass is 10.1. The molecule has 0 aromatic heterocycles. The van der Waals surface area contributed by atoms with Crippen LogP contribution in [0.2, 0.25) is 0 Å². The Morgan fingerprint density at radius 1 is 0.933 bits per heavy atom. The highest BCUT2D eigenvalue weighted by molar-refractivity contribution is 5.99. The smallest absolute Gasteiger partial charge is 0.441 e. The van der Waals surface area contributed by atoms with Crippen molar-refractivity contribution >= 4 is 17.6 Å². The van der Waals surface area contributed by atoms with Gasteiger partial charge in [0.25, 0.3) is 5.91 Å². The number of carbonyl (C=O) groups is 2. The molecule has 0 saturated heterocycles. The highest BCUT2D eigenvalue weighted by Crippen LogP contribution is 2.34. The van der Waals surface area contributed by atoms with Crippen molar-refractivity contribution in [3.63, 3.8) is 0 Å². The Bertz CT molecular complexity index is 899. The summed E-state index contributed by atoms with van der Waals surface area (Å²) in [6.45, 7) is 0.822. The van der Waals surface area contributed by atoms with Crippen LogP contribution in [0.4, 0.5) is 32.0 Å². The zero-order valence-corrected chi connectivity index (χ0v) is 15.4. The van der Waals surface area contributed by atoms with E-state index < -0.39 is 47.6 Å². The van der Waals surface area contributed by atoms with Crippen molar-refractivity contribution in [2.24, 2.45) is 0 Å². The van der Waals surface area contributed by atoms with E-state index in [1.807, 2.05) is 5.32 Å². The van der Waals surface area contributed by atoms with Gasteiger partial charge in [0.05, 0.1) is 12.2 Å². The van der Waals surface area contributed by atoms with Gasteiger partial charge in [-0.3, -0.25) is 4.79 Å². The molecule has 0 saturated carbocycles. The Hall–Kier alpha value is -3.24. The number of ether oxygens (including phenoxy) is 1. The Balaban J connectivity index is 2.51. The van der Waals surface area contributed by atoms with Crippen LogP contribution in [0.5, 0.6) is 0 Å². The Morgan fingerprint density at radius 3 is 2.10 bits per heavy atom. The molecule has 1 atom stereocenters. The SMILES string of the molecule is CCOC(=O)C(NC(=O)c1cccc(C(F)(F)F)c1)(Nc1ccccc1)C(F)(F)F. The van der Waals surface area contributed by atoms with Crippen LogP contribution in [0.1, 0.15) is 22.8 Å². The van der Waals surface area contributed by atoms with Crippen LogP contribution < -0.4 is 10.6 Å². The monoisotopic (exact) mass is 434 g/mol. The first-order valence-corrected chi connectivity index (χ1v) is 8.47. The van der Waals surface area contributed by atoms with Gasteiger partial charge in [0, 0.05) is 11.3 Å². The second kappa shape index (κ2) is 8.64. The summed E-state index contributed by atoms with van der Waals surface area (Å²) in [5, 5.41) is 3.39. The van der Waals surface area contributed by atoms with Crippen LogP contribution in [0.3, 0.4) is 0 Å². The van der Waals surface area contributed by atoms with Crippen LogP contribution in [-0.4, -0.2) is 30.3 Å². The van der Waals surface area contributed by atoms with Gasteiger partial charge >= 0.3 is 24.0 Å². The normalized spacial score (nSPS) is 13.8. The maximum absolute atomic E-state index is 14.0. The minimum atomic E-state index is -5.41. The van der Waals surface area contributed by atoms with Crippen molar-refractivity contribution < 1.29 is 40.7 Å². The fourth-order valence-corrected chi connectivity index (χ4v) is 2.45. The summed E-state index contributed by atoms with van der Waals surface area (Å²) in [6, 6.07) is 9.46. The number of rotatable bonds is 6. The van der Waals surface area contributed by atoms with E-state index in [0.29, 0.717) is 12.1 Å². The lowest BCUT2D eigenvalue weighted by molar-refractivity contribution is -0.204. The summed E-state index contributed by atoms with van der Waals surface area (Å²) in [5.41, 5.74) is -5.89. The molecule has 0 aliphatic carbocycles. The minimum absolute atomic E-state index is 0.188. The molecule has 0 bridgehead atoms. The molecule has 1 unspecified atom stereocenters. The second-order valence-electron chi connectivity index (χ2n) is 5.99. The summed E-state index contributed by atoms with van der Waals surface area (Å²) in [6.07, 6.45) is -10.2. The van der Waals surface area contributed by atoms with Gasteiger partial charge in [-0.1, -0.05) is 24.3 Å². The zero-order valence-electron chi connectivity index (χ0n) is 15.4. The fraction of sp³-hybridized carbons (Fsp3) is 0.263. The van der Waals surface area contributed by atoms with E-state index in [2.05, 4.69) is 4.74 Å². The largest absolute Gasteiger partial charge is 0.463 e. The molecule has 0 spiro atoms. The Kier molecular flexibility index (Phi) is 6.63. The van der Waals surface area contributed by atoms with Crippen LogP contribution >= 0.6 is 0 Å². The van der Waals surface area contributed by atoms with Crippen molar-refractivity contribution in [3.05, 3.63) is 65.7 Å². The molecule has 0 radical (unpaired) electrons. The summed E-state index contributed by atoms with van der Waals surface area (Å²) in [4.78, 5) is 24.8. The topological polar surface area (TPSA) is 67.4 Å². The van der Waals surface area contributed by atoms with Gasteiger partial charge in [0.15, 0.2) is 0 Å². The average molecular weight is 434 g/mol. The van der Waals surface area contributed by atoms with E-state index in [-0.39, 0.29) is 5.69 Å². The lowest BCUT2D eigenvalue weighted by Crippen LogP contribution is -2.69. The average Bonchev–Trinajstić information content (AvgIpc) is 2.67. The summed E-state index contributed by atoms with van der Waals surface area (Å²) >= 11 is 0. The predicted octanol–water partition coefficient (Wildman–Crippen LogP) is 4.37. The third kappa shape index (κ3) is 5.02. The van der Waals surface area contributed by atoms with E-state index in [1.54, 1.807) is 0 Å². The molecule has 0 fully saturated rings. The van der Waals surface area contributed by atoms with Gasteiger partial charge < -0.3 is 15.4 Å². The number of nitrogens with one attached hydrogen (secondary N) is 2. The number of esters is 1. The zero-order chi connectivity index (χ0) is 22.6. The van der Waals surface area contributed by atoms with Crippen molar-refractivity contribution in [2.45, 2.75) is 24.9 Å². The number of amides is 1. The molecule has 2 rings (SSSR count). The van der Waals surface area contributed by atoms with E-state index in [4.69, 9.17) is 0 Å². The molecule has 30 heavy (non-hydrogen) atoms. The van der Waals surface area contributed by atoms with Crippen LogP contribution in [0, 0.1) is 0 Å². The maximum atomic E-state index is 14.0. The lowest BCUT2D eigenvalue weighted by Gasteiger charge is -2.35. The molecule has 5 nitrogen and oxygen atoms in total. The quantitative estimate of drug-likeness (QED) is 0.403. The highest BCUT2D eigenvalue weighted by atomic mass is 19.4. The molecule has 2 aromatic carbocycles. The number of carbonyl (C=O) groups excluding carboxylic acids is 2. The number of anilines is 1. The van der Waals surface area contributed by atoms with Gasteiger partial charge in [-0.15, -0.1) is 0 Å². The molecule has 0 aliphatic heterocycles. The summed E-state index contributed by atoms with van der Waals surface area (Å²) < 4.78 is 85.2. The number of alkyl halides is 6. The third-order valence-corrected chi connectivity index (χ3v) is 3.87. The minimum Gasteiger partial charge on any atom is -0.463 e. The number of halogens is 6. The van der Waals surface area contributed by atoms with Gasteiger partial charge in [0.1, 0.15) is 0 Å².